The maximum Gasteiger partial charge on any atom is 0.180 e. The molecule has 0 aliphatic rings. The van der Waals surface area contributed by atoms with E-state index in [9.17, 15) is 0 Å². The predicted octanol–water partition coefficient (Wildman–Crippen LogP) is 5.04. The van der Waals surface area contributed by atoms with Crippen molar-refractivity contribution in [1.82, 2.24) is 24.9 Å². The molecule has 6 nitrogen and oxygen atoms in total. The van der Waals surface area contributed by atoms with Crippen LogP contribution in [0.25, 0.3) is 33.7 Å². The van der Waals surface area contributed by atoms with E-state index in [0.29, 0.717) is 5.82 Å². The Bertz CT molecular complexity index is 1250. The molecule has 0 fully saturated rings. The van der Waals surface area contributed by atoms with Crippen LogP contribution in [-0.2, 0) is 6.42 Å². The number of hydrogen-bond acceptors (Lipinski definition) is 5. The summed E-state index contributed by atoms with van der Waals surface area (Å²) in [5.41, 5.74) is 6.25. The fraction of sp³-hybridized carbons (Fsp3) is 0.120. The number of nitrogens with one attached hydrogen (secondary N) is 2. The minimum Gasteiger partial charge on any atom is -0.370 e. The van der Waals surface area contributed by atoms with Gasteiger partial charge in [0, 0.05) is 53.9 Å². The van der Waals surface area contributed by atoms with E-state index in [1.165, 1.54) is 22.0 Å². The van der Waals surface area contributed by atoms with E-state index in [0.717, 1.165) is 35.7 Å². The van der Waals surface area contributed by atoms with Crippen molar-refractivity contribution >= 4 is 16.7 Å². The number of fused-ring (bicyclic) bond motifs is 1. The van der Waals surface area contributed by atoms with Crippen LogP contribution in [0.4, 0.5) is 5.82 Å². The Balaban J connectivity index is 1.42. The van der Waals surface area contributed by atoms with E-state index in [4.69, 9.17) is 9.97 Å². The quantitative estimate of drug-likeness (QED) is 0.413. The number of H-pyrrole nitrogens is 1. The van der Waals surface area contributed by atoms with Gasteiger partial charge in [-0.15, -0.1) is 0 Å². The summed E-state index contributed by atoms with van der Waals surface area (Å²) in [6.45, 7) is 2.88. The van der Waals surface area contributed by atoms with Crippen molar-refractivity contribution in [3.63, 3.8) is 0 Å². The summed E-state index contributed by atoms with van der Waals surface area (Å²) in [6, 6.07) is 18.0. The number of hydrogen-bond donors (Lipinski definition) is 2. The average Bonchev–Trinajstić information content (AvgIpc) is 3.24. The van der Waals surface area contributed by atoms with E-state index in [1.807, 2.05) is 42.6 Å². The van der Waals surface area contributed by atoms with E-state index >= 15 is 0 Å². The number of para-hydroxylation sites is 1. The Hall–Kier alpha value is -4.06. The van der Waals surface area contributed by atoms with Crippen molar-refractivity contribution in [1.29, 1.82) is 0 Å². The van der Waals surface area contributed by atoms with Crippen LogP contribution >= 0.6 is 0 Å². The summed E-state index contributed by atoms with van der Waals surface area (Å²) < 4.78 is 0. The molecular weight excluding hydrogens is 384 g/mol. The van der Waals surface area contributed by atoms with Crippen LogP contribution in [0.1, 0.15) is 11.1 Å². The van der Waals surface area contributed by atoms with Gasteiger partial charge < -0.3 is 10.3 Å². The van der Waals surface area contributed by atoms with Gasteiger partial charge in [0.25, 0.3) is 0 Å². The Labute approximate surface area is 180 Å². The molecule has 31 heavy (non-hydrogen) atoms. The minimum absolute atomic E-state index is 0.590. The highest BCUT2D eigenvalue weighted by atomic mass is 15.0. The number of benzene rings is 1. The molecule has 0 aliphatic carbocycles. The van der Waals surface area contributed by atoms with E-state index in [1.54, 1.807) is 12.4 Å². The molecule has 1 aromatic carbocycles. The zero-order valence-electron chi connectivity index (χ0n) is 17.2. The van der Waals surface area contributed by atoms with Gasteiger partial charge in [0.1, 0.15) is 11.5 Å². The summed E-state index contributed by atoms with van der Waals surface area (Å²) >= 11 is 0. The van der Waals surface area contributed by atoms with Crippen molar-refractivity contribution < 1.29 is 0 Å². The molecule has 4 heterocycles. The normalized spacial score (nSPS) is 11.0. The van der Waals surface area contributed by atoms with Crippen LogP contribution in [0, 0.1) is 6.92 Å². The van der Waals surface area contributed by atoms with Crippen molar-refractivity contribution in [2.45, 2.75) is 13.3 Å². The lowest BCUT2D eigenvalue weighted by Gasteiger charge is -2.10. The molecule has 0 unspecified atom stereocenters. The standard InChI is InChI=1S/C25H22N6/c1-17-6-4-8-20-18(16-29-24(17)20)10-13-28-23-14-22(19-7-5-11-26-15-19)30-25(31-23)21-9-2-3-12-27-21/h2-9,11-12,14-16,29H,10,13H2,1H3,(H,28,30,31). The van der Waals surface area contributed by atoms with Crippen LogP contribution in [0.2, 0.25) is 0 Å². The Morgan fingerprint density at radius 2 is 1.90 bits per heavy atom. The Kier molecular flexibility index (Phi) is 5.10. The molecule has 0 saturated heterocycles. The van der Waals surface area contributed by atoms with Gasteiger partial charge in [0.05, 0.1) is 5.69 Å². The molecule has 0 radical (unpaired) electrons. The summed E-state index contributed by atoms with van der Waals surface area (Å²) in [5.74, 6) is 1.36. The fourth-order valence-corrected chi connectivity index (χ4v) is 3.71. The number of aryl methyl sites for hydroxylation is 1. The molecule has 5 rings (SSSR count). The first-order chi connectivity index (χ1) is 15.3. The molecule has 0 atom stereocenters. The largest absolute Gasteiger partial charge is 0.370 e. The van der Waals surface area contributed by atoms with Gasteiger partial charge in [-0.2, -0.15) is 0 Å². The van der Waals surface area contributed by atoms with Crippen molar-refractivity contribution in [3.8, 4) is 22.8 Å². The smallest absolute Gasteiger partial charge is 0.180 e. The lowest BCUT2D eigenvalue weighted by atomic mass is 10.1. The molecular formula is C25H22N6. The number of aromatic nitrogens is 5. The SMILES string of the molecule is Cc1cccc2c(CCNc3cc(-c4cccnc4)nc(-c4ccccn4)n3)c[nH]c12. The minimum atomic E-state index is 0.590. The predicted molar refractivity (Wildman–Crippen MR) is 124 cm³/mol. The van der Waals surface area contributed by atoms with Gasteiger partial charge in [-0.3, -0.25) is 9.97 Å². The third kappa shape index (κ3) is 4.00. The van der Waals surface area contributed by atoms with Gasteiger partial charge >= 0.3 is 0 Å². The topological polar surface area (TPSA) is 79.4 Å². The van der Waals surface area contributed by atoms with E-state index in [2.05, 4.69) is 51.6 Å². The van der Waals surface area contributed by atoms with E-state index in [-0.39, 0.29) is 0 Å². The second-order valence-corrected chi connectivity index (χ2v) is 7.41. The first-order valence-corrected chi connectivity index (χ1v) is 10.3. The lowest BCUT2D eigenvalue weighted by molar-refractivity contribution is 1.01. The van der Waals surface area contributed by atoms with Gasteiger partial charge in [-0.25, -0.2) is 9.97 Å². The molecule has 152 valence electrons. The molecule has 0 saturated carbocycles. The molecule has 0 amide bonds. The third-order valence-electron chi connectivity index (χ3n) is 5.29. The first-order valence-electron chi connectivity index (χ1n) is 10.3. The molecule has 0 spiro atoms. The van der Waals surface area contributed by atoms with Crippen molar-refractivity contribution in [3.05, 3.63) is 90.5 Å². The maximum absolute atomic E-state index is 4.72. The Morgan fingerprint density at radius 3 is 2.74 bits per heavy atom. The zero-order chi connectivity index (χ0) is 21.0. The fourth-order valence-electron chi connectivity index (χ4n) is 3.71. The second-order valence-electron chi connectivity index (χ2n) is 7.41. The van der Waals surface area contributed by atoms with Gasteiger partial charge in [-0.05, 0) is 48.7 Å². The van der Waals surface area contributed by atoms with E-state index < -0.39 is 0 Å². The van der Waals surface area contributed by atoms with Gasteiger partial charge in [-0.1, -0.05) is 24.3 Å². The van der Waals surface area contributed by atoms with Crippen LogP contribution in [0.3, 0.4) is 0 Å². The number of nitrogens with zero attached hydrogens (tertiary/aromatic N) is 4. The lowest BCUT2D eigenvalue weighted by Crippen LogP contribution is -2.08. The van der Waals surface area contributed by atoms with Crippen LogP contribution in [-0.4, -0.2) is 31.5 Å². The van der Waals surface area contributed by atoms with Gasteiger partial charge in [0.2, 0.25) is 0 Å². The highest BCUT2D eigenvalue weighted by Crippen LogP contribution is 2.24. The number of anilines is 1. The summed E-state index contributed by atoms with van der Waals surface area (Å²) in [6.07, 6.45) is 8.30. The number of rotatable bonds is 6. The number of pyridine rings is 2. The highest BCUT2D eigenvalue weighted by Gasteiger charge is 2.10. The Morgan fingerprint density at radius 1 is 0.935 bits per heavy atom. The van der Waals surface area contributed by atoms with Crippen molar-refractivity contribution in [2.75, 3.05) is 11.9 Å². The molecule has 4 aromatic heterocycles. The molecule has 0 aliphatic heterocycles. The summed E-state index contributed by atoms with van der Waals surface area (Å²) in [4.78, 5) is 21.5. The van der Waals surface area contributed by atoms with Crippen LogP contribution < -0.4 is 5.32 Å². The number of aromatic amines is 1. The zero-order valence-corrected chi connectivity index (χ0v) is 17.2. The highest BCUT2D eigenvalue weighted by molar-refractivity contribution is 5.85. The second kappa shape index (κ2) is 8.36. The molecule has 6 heteroatoms. The first kappa shape index (κ1) is 18.9. The molecule has 0 bridgehead atoms. The summed E-state index contributed by atoms with van der Waals surface area (Å²) in [5, 5.41) is 4.74. The van der Waals surface area contributed by atoms with Crippen LogP contribution in [0.15, 0.2) is 79.4 Å². The maximum atomic E-state index is 4.72. The van der Waals surface area contributed by atoms with Crippen LogP contribution in [0.5, 0.6) is 0 Å². The summed E-state index contributed by atoms with van der Waals surface area (Å²) in [7, 11) is 0. The third-order valence-corrected chi connectivity index (χ3v) is 5.29. The molecule has 2 N–H and O–H groups in total. The monoisotopic (exact) mass is 406 g/mol. The molecule has 5 aromatic rings. The average molecular weight is 406 g/mol. The van der Waals surface area contributed by atoms with Gasteiger partial charge in [0.15, 0.2) is 5.82 Å². The van der Waals surface area contributed by atoms with Crippen molar-refractivity contribution in [2.24, 2.45) is 0 Å².